The maximum Gasteiger partial charge on any atom is 0.229 e. The lowest BCUT2D eigenvalue weighted by Gasteiger charge is -2.11. The van der Waals surface area contributed by atoms with Crippen LogP contribution in [0, 0.1) is 11.6 Å². The second-order valence-corrected chi connectivity index (χ2v) is 5.60. The number of para-hydroxylation sites is 1. The minimum absolute atomic E-state index is 0.0960. The molecule has 26 heavy (non-hydrogen) atoms. The number of aromatic nitrogens is 2. The van der Waals surface area contributed by atoms with E-state index in [1.165, 1.54) is 12.1 Å². The molecule has 0 saturated carbocycles. The monoisotopic (exact) mass is 352 g/mol. The Morgan fingerprint density at radius 3 is 2.65 bits per heavy atom. The van der Waals surface area contributed by atoms with Crippen LogP contribution in [0.2, 0.25) is 0 Å². The lowest BCUT2D eigenvalue weighted by atomic mass is 10.2. The number of nitrogens with one attached hydrogen (secondary N) is 2. The quantitative estimate of drug-likeness (QED) is 0.537. The maximum absolute atomic E-state index is 13.9. The molecule has 0 atom stereocenters. The molecule has 0 unspecified atom stereocenters. The van der Waals surface area contributed by atoms with Crippen molar-refractivity contribution in [2.45, 2.75) is 6.54 Å². The zero-order valence-electron chi connectivity index (χ0n) is 13.5. The normalized spacial score (nSPS) is 10.8. The van der Waals surface area contributed by atoms with Crippen molar-refractivity contribution in [3.63, 3.8) is 0 Å². The van der Waals surface area contributed by atoms with Crippen LogP contribution in [0.25, 0.3) is 10.9 Å². The molecule has 0 bridgehead atoms. The highest BCUT2D eigenvalue weighted by Gasteiger charge is 2.10. The fourth-order valence-electron chi connectivity index (χ4n) is 2.56. The lowest BCUT2D eigenvalue weighted by Crippen LogP contribution is -2.06. The number of fused-ring (bicyclic) bond motifs is 1. The summed E-state index contributed by atoms with van der Waals surface area (Å²) >= 11 is 0. The number of rotatable bonds is 5. The molecule has 2 N–H and O–H groups in total. The molecule has 0 aliphatic rings. The predicted octanol–water partition coefficient (Wildman–Crippen LogP) is 4.86. The fraction of sp³-hybridized carbons (Fsp3) is 0.0526. The van der Waals surface area contributed by atoms with Gasteiger partial charge in [0.15, 0.2) is 0 Å². The van der Waals surface area contributed by atoms with E-state index in [-0.39, 0.29) is 11.6 Å². The van der Waals surface area contributed by atoms with Gasteiger partial charge in [0, 0.05) is 11.5 Å². The van der Waals surface area contributed by atoms with Crippen molar-refractivity contribution in [2.75, 3.05) is 10.6 Å². The van der Waals surface area contributed by atoms with E-state index in [1.54, 1.807) is 12.3 Å². The molecule has 0 radical (unpaired) electrons. The molecule has 0 spiro atoms. The lowest BCUT2D eigenvalue weighted by molar-refractivity contribution is 0.518. The summed E-state index contributed by atoms with van der Waals surface area (Å²) in [5.74, 6) is 0.181. The molecule has 0 saturated heterocycles. The van der Waals surface area contributed by atoms with Gasteiger partial charge in [0.25, 0.3) is 0 Å². The Balaban J connectivity index is 1.68. The highest BCUT2D eigenvalue weighted by molar-refractivity contribution is 5.90. The third-order valence-corrected chi connectivity index (χ3v) is 3.79. The van der Waals surface area contributed by atoms with Gasteiger partial charge in [-0.15, -0.1) is 0 Å². The van der Waals surface area contributed by atoms with Crippen molar-refractivity contribution in [3.05, 3.63) is 78.3 Å². The summed E-state index contributed by atoms with van der Waals surface area (Å²) < 4.78 is 32.3. The van der Waals surface area contributed by atoms with Gasteiger partial charge in [-0.2, -0.15) is 4.98 Å². The highest BCUT2D eigenvalue weighted by Crippen LogP contribution is 2.25. The standard InChI is InChI=1S/C19H14F2N4O/c20-12-7-8-17(15(21)10-12)24-19-23-16-6-2-1-5-14(16)18(25-19)22-11-13-4-3-9-26-13/h1-10H,11H2,(H2,22,23,24,25). The molecule has 5 nitrogen and oxygen atoms in total. The number of benzene rings is 2. The van der Waals surface area contributed by atoms with Crippen LogP contribution in [0.15, 0.2) is 65.3 Å². The van der Waals surface area contributed by atoms with Gasteiger partial charge in [-0.25, -0.2) is 13.8 Å². The molecular formula is C19H14F2N4O. The van der Waals surface area contributed by atoms with Gasteiger partial charge < -0.3 is 15.1 Å². The highest BCUT2D eigenvalue weighted by atomic mass is 19.1. The van der Waals surface area contributed by atoms with Gasteiger partial charge in [-0.3, -0.25) is 0 Å². The van der Waals surface area contributed by atoms with Crippen molar-refractivity contribution < 1.29 is 13.2 Å². The molecule has 4 aromatic rings. The second-order valence-electron chi connectivity index (χ2n) is 5.60. The average Bonchev–Trinajstić information content (AvgIpc) is 3.16. The largest absolute Gasteiger partial charge is 0.467 e. The fourth-order valence-corrected chi connectivity index (χ4v) is 2.56. The van der Waals surface area contributed by atoms with Gasteiger partial charge in [-0.1, -0.05) is 12.1 Å². The number of hydrogen-bond acceptors (Lipinski definition) is 5. The SMILES string of the molecule is Fc1ccc(Nc2nc(NCc3ccco3)c3ccccc3n2)c(F)c1. The van der Waals surface area contributed by atoms with E-state index in [1.807, 2.05) is 30.3 Å². The first-order valence-electron chi connectivity index (χ1n) is 7.94. The molecule has 4 rings (SSSR count). The van der Waals surface area contributed by atoms with Crippen molar-refractivity contribution in [1.82, 2.24) is 9.97 Å². The van der Waals surface area contributed by atoms with E-state index in [0.717, 1.165) is 17.2 Å². The van der Waals surface area contributed by atoms with E-state index in [4.69, 9.17) is 4.42 Å². The van der Waals surface area contributed by atoms with Crippen LogP contribution in [-0.2, 0) is 6.54 Å². The van der Waals surface area contributed by atoms with Crippen LogP contribution in [0.3, 0.4) is 0 Å². The molecule has 2 aromatic carbocycles. The Kier molecular flexibility index (Phi) is 4.18. The number of nitrogens with zero attached hydrogens (tertiary/aromatic N) is 2. The van der Waals surface area contributed by atoms with E-state index in [2.05, 4.69) is 20.6 Å². The molecule has 2 aromatic heterocycles. The summed E-state index contributed by atoms with van der Waals surface area (Å²) in [5.41, 5.74) is 0.785. The van der Waals surface area contributed by atoms with Crippen LogP contribution in [0.1, 0.15) is 5.76 Å². The van der Waals surface area contributed by atoms with Gasteiger partial charge in [0.05, 0.1) is 24.0 Å². The van der Waals surface area contributed by atoms with Crippen molar-refractivity contribution in [1.29, 1.82) is 0 Å². The zero-order chi connectivity index (χ0) is 17.9. The number of hydrogen-bond donors (Lipinski definition) is 2. The first-order valence-corrected chi connectivity index (χ1v) is 7.94. The maximum atomic E-state index is 13.9. The Labute approximate surface area is 147 Å². The third kappa shape index (κ3) is 3.32. The first kappa shape index (κ1) is 16.0. The van der Waals surface area contributed by atoms with Crippen LogP contribution in [0.5, 0.6) is 0 Å². The first-order chi connectivity index (χ1) is 12.7. The van der Waals surface area contributed by atoms with Gasteiger partial charge in [0.1, 0.15) is 23.2 Å². The Morgan fingerprint density at radius 2 is 1.85 bits per heavy atom. The average molecular weight is 352 g/mol. The molecular weight excluding hydrogens is 338 g/mol. The molecule has 2 heterocycles. The Morgan fingerprint density at radius 1 is 0.962 bits per heavy atom. The molecule has 7 heteroatoms. The van der Waals surface area contributed by atoms with Crippen molar-refractivity contribution in [2.24, 2.45) is 0 Å². The minimum Gasteiger partial charge on any atom is -0.467 e. The molecule has 0 fully saturated rings. The van der Waals surface area contributed by atoms with Crippen LogP contribution < -0.4 is 10.6 Å². The summed E-state index contributed by atoms with van der Waals surface area (Å²) in [4.78, 5) is 8.82. The summed E-state index contributed by atoms with van der Waals surface area (Å²) in [6.07, 6.45) is 1.60. The number of anilines is 3. The van der Waals surface area contributed by atoms with Crippen molar-refractivity contribution >= 4 is 28.4 Å². The van der Waals surface area contributed by atoms with Crippen LogP contribution >= 0.6 is 0 Å². The van der Waals surface area contributed by atoms with E-state index in [0.29, 0.717) is 17.9 Å². The smallest absolute Gasteiger partial charge is 0.229 e. The van der Waals surface area contributed by atoms with Gasteiger partial charge >= 0.3 is 0 Å². The summed E-state index contributed by atoms with van der Waals surface area (Å²) in [5, 5.41) is 6.82. The van der Waals surface area contributed by atoms with E-state index < -0.39 is 11.6 Å². The zero-order valence-corrected chi connectivity index (χ0v) is 13.5. The summed E-state index contributed by atoms with van der Waals surface area (Å²) in [7, 11) is 0. The van der Waals surface area contributed by atoms with Gasteiger partial charge in [-0.05, 0) is 36.4 Å². The summed E-state index contributed by atoms with van der Waals surface area (Å²) in [6.45, 7) is 0.443. The Hall–Kier alpha value is -3.48. The number of halogens is 2. The van der Waals surface area contributed by atoms with Crippen molar-refractivity contribution in [3.8, 4) is 0 Å². The molecule has 0 aliphatic carbocycles. The summed E-state index contributed by atoms with van der Waals surface area (Å²) in [6, 6.07) is 14.4. The number of furan rings is 1. The van der Waals surface area contributed by atoms with Gasteiger partial charge in [0.2, 0.25) is 5.95 Å². The van der Waals surface area contributed by atoms with Crippen LogP contribution in [0.4, 0.5) is 26.2 Å². The van der Waals surface area contributed by atoms with E-state index >= 15 is 0 Å². The molecule has 0 amide bonds. The molecule has 0 aliphatic heterocycles. The second kappa shape index (κ2) is 6.79. The minimum atomic E-state index is -0.716. The third-order valence-electron chi connectivity index (χ3n) is 3.79. The Bertz CT molecular complexity index is 1050. The molecule has 130 valence electrons. The predicted molar refractivity (Wildman–Crippen MR) is 95.2 cm³/mol. The van der Waals surface area contributed by atoms with Crippen LogP contribution in [-0.4, -0.2) is 9.97 Å². The van der Waals surface area contributed by atoms with E-state index in [9.17, 15) is 8.78 Å². The topological polar surface area (TPSA) is 63.0 Å².